The molecule has 0 aliphatic carbocycles. The molecule has 18 heavy (non-hydrogen) atoms. The van der Waals surface area contributed by atoms with Gasteiger partial charge in [0.1, 0.15) is 10.7 Å². The zero-order chi connectivity index (χ0) is 14.1. The van der Waals surface area contributed by atoms with E-state index in [1.54, 1.807) is 13.8 Å². The quantitative estimate of drug-likeness (QED) is 0.913. The first kappa shape index (κ1) is 15.6. The van der Waals surface area contributed by atoms with Gasteiger partial charge in [-0.3, -0.25) is 0 Å². The Kier molecular flexibility index (Phi) is 4.88. The summed E-state index contributed by atoms with van der Waals surface area (Å²) in [6.45, 7) is 2.83. The minimum atomic E-state index is -3.91. The Morgan fingerprint density at radius 1 is 1.44 bits per heavy atom. The van der Waals surface area contributed by atoms with Gasteiger partial charge in [0.25, 0.3) is 0 Å². The molecule has 0 saturated carbocycles. The summed E-state index contributed by atoms with van der Waals surface area (Å²) in [6, 6.07) is 2.26. The van der Waals surface area contributed by atoms with Crippen molar-refractivity contribution in [3.8, 4) is 0 Å². The summed E-state index contributed by atoms with van der Waals surface area (Å²) >= 11 is 3.11. The van der Waals surface area contributed by atoms with E-state index in [4.69, 9.17) is 5.11 Å². The van der Waals surface area contributed by atoms with E-state index in [0.717, 1.165) is 4.31 Å². The molecule has 0 bridgehead atoms. The Bertz CT molecular complexity index is 545. The number of hydrogen-bond donors (Lipinski definition) is 1. The summed E-state index contributed by atoms with van der Waals surface area (Å²) < 4.78 is 39.9. The zero-order valence-electron chi connectivity index (χ0n) is 10.3. The Hall–Kier alpha value is -0.500. The maximum absolute atomic E-state index is 14.0. The van der Waals surface area contributed by atoms with E-state index in [-0.39, 0.29) is 11.6 Å². The molecule has 0 aromatic heterocycles. The number of nitrogens with zero attached hydrogens (tertiary/aromatic N) is 1. The van der Waals surface area contributed by atoms with Crippen LogP contribution in [0.3, 0.4) is 0 Å². The van der Waals surface area contributed by atoms with E-state index >= 15 is 0 Å². The number of aliphatic hydroxyl groups is 1. The molecule has 0 heterocycles. The van der Waals surface area contributed by atoms with Crippen LogP contribution < -0.4 is 0 Å². The molecule has 0 fully saturated rings. The Labute approximate surface area is 115 Å². The maximum atomic E-state index is 14.0. The number of hydrogen-bond acceptors (Lipinski definition) is 3. The SMILES string of the molecule is CC(C)N(C)S(=O)(=O)c1cc(Br)cc(CO)c1F. The molecule has 0 saturated heterocycles. The lowest BCUT2D eigenvalue weighted by molar-refractivity contribution is 0.274. The fraction of sp³-hybridized carbons (Fsp3) is 0.455. The number of halogens is 2. The van der Waals surface area contributed by atoms with E-state index < -0.39 is 27.3 Å². The van der Waals surface area contributed by atoms with Crippen LogP contribution in [-0.4, -0.2) is 30.9 Å². The lowest BCUT2D eigenvalue weighted by Crippen LogP contribution is -2.33. The Morgan fingerprint density at radius 3 is 2.44 bits per heavy atom. The van der Waals surface area contributed by atoms with Crippen molar-refractivity contribution < 1.29 is 17.9 Å². The van der Waals surface area contributed by atoms with E-state index in [2.05, 4.69) is 15.9 Å². The van der Waals surface area contributed by atoms with Crippen molar-refractivity contribution in [2.75, 3.05) is 7.05 Å². The van der Waals surface area contributed by atoms with Gasteiger partial charge in [-0.15, -0.1) is 0 Å². The average Bonchev–Trinajstić information content (AvgIpc) is 2.30. The summed E-state index contributed by atoms with van der Waals surface area (Å²) in [7, 11) is -2.52. The van der Waals surface area contributed by atoms with Gasteiger partial charge in [-0.25, -0.2) is 12.8 Å². The smallest absolute Gasteiger partial charge is 0.246 e. The topological polar surface area (TPSA) is 57.6 Å². The minimum Gasteiger partial charge on any atom is -0.392 e. The minimum absolute atomic E-state index is 0.0555. The second-order valence-corrected chi connectivity index (χ2v) is 7.03. The van der Waals surface area contributed by atoms with Crippen LogP contribution in [0.4, 0.5) is 4.39 Å². The van der Waals surface area contributed by atoms with Crippen LogP contribution >= 0.6 is 15.9 Å². The van der Waals surface area contributed by atoms with Gasteiger partial charge in [-0.05, 0) is 26.0 Å². The molecule has 0 atom stereocenters. The molecular weight excluding hydrogens is 325 g/mol. The third kappa shape index (κ3) is 2.90. The molecule has 7 heteroatoms. The van der Waals surface area contributed by atoms with Gasteiger partial charge in [-0.2, -0.15) is 4.31 Å². The van der Waals surface area contributed by atoms with Crippen LogP contribution in [0.15, 0.2) is 21.5 Å². The van der Waals surface area contributed by atoms with Gasteiger partial charge in [0, 0.05) is 23.1 Å². The van der Waals surface area contributed by atoms with E-state index in [9.17, 15) is 12.8 Å². The fourth-order valence-corrected chi connectivity index (χ4v) is 3.51. The van der Waals surface area contributed by atoms with Crippen LogP contribution in [0.25, 0.3) is 0 Å². The van der Waals surface area contributed by atoms with Crippen LogP contribution in [0.2, 0.25) is 0 Å². The third-order valence-electron chi connectivity index (χ3n) is 2.63. The van der Waals surface area contributed by atoms with Gasteiger partial charge >= 0.3 is 0 Å². The Balaban J connectivity index is 3.46. The predicted molar refractivity (Wildman–Crippen MR) is 70.1 cm³/mol. The first-order valence-corrected chi connectivity index (χ1v) is 7.52. The van der Waals surface area contributed by atoms with Gasteiger partial charge < -0.3 is 5.11 Å². The molecule has 4 nitrogen and oxygen atoms in total. The molecule has 0 radical (unpaired) electrons. The lowest BCUT2D eigenvalue weighted by atomic mass is 10.2. The molecule has 0 unspecified atom stereocenters. The van der Waals surface area contributed by atoms with Crippen LogP contribution in [0.1, 0.15) is 19.4 Å². The van der Waals surface area contributed by atoms with Crippen molar-refractivity contribution in [2.24, 2.45) is 0 Å². The highest BCUT2D eigenvalue weighted by Gasteiger charge is 2.28. The van der Waals surface area contributed by atoms with E-state index in [1.807, 2.05) is 0 Å². The number of rotatable bonds is 4. The zero-order valence-corrected chi connectivity index (χ0v) is 12.7. The van der Waals surface area contributed by atoms with Crippen molar-refractivity contribution in [3.05, 3.63) is 28.0 Å². The van der Waals surface area contributed by atoms with Gasteiger partial charge in [0.05, 0.1) is 6.61 Å². The van der Waals surface area contributed by atoms with Gasteiger partial charge in [0.2, 0.25) is 10.0 Å². The van der Waals surface area contributed by atoms with E-state index in [1.165, 1.54) is 19.2 Å². The fourth-order valence-electron chi connectivity index (χ4n) is 1.35. The molecule has 1 aromatic carbocycles. The van der Waals surface area contributed by atoms with Crippen molar-refractivity contribution >= 4 is 26.0 Å². The summed E-state index contributed by atoms with van der Waals surface area (Å²) in [4.78, 5) is -0.433. The first-order chi connectivity index (χ1) is 8.21. The molecule has 0 aliphatic heterocycles. The average molecular weight is 340 g/mol. The molecule has 0 amide bonds. The number of benzene rings is 1. The molecule has 1 aromatic rings. The maximum Gasteiger partial charge on any atom is 0.246 e. The largest absolute Gasteiger partial charge is 0.392 e. The standard InChI is InChI=1S/C11H15BrFNO3S/c1-7(2)14(3)18(16,17)10-5-9(12)4-8(6-15)11(10)13/h4-5,7,15H,6H2,1-3H3. The molecule has 0 spiro atoms. The van der Waals surface area contributed by atoms with Crippen LogP contribution in [-0.2, 0) is 16.6 Å². The molecule has 102 valence electrons. The molecule has 0 aliphatic rings. The first-order valence-electron chi connectivity index (χ1n) is 5.28. The monoisotopic (exact) mass is 339 g/mol. The Morgan fingerprint density at radius 2 is 2.00 bits per heavy atom. The predicted octanol–water partition coefficient (Wildman–Crippen LogP) is 2.11. The number of sulfonamides is 1. The number of aliphatic hydroxyl groups excluding tert-OH is 1. The molecule has 1 rings (SSSR count). The summed E-state index contributed by atoms with van der Waals surface area (Å²) in [5.41, 5.74) is -0.0555. The summed E-state index contributed by atoms with van der Waals surface area (Å²) in [6.07, 6.45) is 0. The van der Waals surface area contributed by atoms with Gasteiger partial charge in [-0.1, -0.05) is 15.9 Å². The van der Waals surface area contributed by atoms with E-state index in [0.29, 0.717) is 4.47 Å². The van der Waals surface area contributed by atoms with Crippen molar-refractivity contribution in [1.29, 1.82) is 0 Å². The highest BCUT2D eigenvalue weighted by molar-refractivity contribution is 9.10. The summed E-state index contributed by atoms with van der Waals surface area (Å²) in [5.74, 6) is -0.909. The normalized spacial score (nSPS) is 12.4. The van der Waals surface area contributed by atoms with Crippen molar-refractivity contribution in [3.63, 3.8) is 0 Å². The third-order valence-corrected chi connectivity index (χ3v) is 5.12. The molecular formula is C11H15BrFNO3S. The summed E-state index contributed by atoms with van der Waals surface area (Å²) in [5, 5.41) is 9.01. The highest BCUT2D eigenvalue weighted by atomic mass is 79.9. The highest BCUT2D eigenvalue weighted by Crippen LogP contribution is 2.26. The van der Waals surface area contributed by atoms with Gasteiger partial charge in [0.15, 0.2) is 0 Å². The second-order valence-electron chi connectivity index (χ2n) is 4.15. The van der Waals surface area contributed by atoms with Crippen LogP contribution in [0, 0.1) is 5.82 Å². The van der Waals surface area contributed by atoms with Crippen LogP contribution in [0.5, 0.6) is 0 Å². The van der Waals surface area contributed by atoms with Crippen molar-refractivity contribution in [2.45, 2.75) is 31.4 Å². The lowest BCUT2D eigenvalue weighted by Gasteiger charge is -2.21. The molecule has 1 N–H and O–H groups in total. The second kappa shape index (κ2) is 5.64. The van der Waals surface area contributed by atoms with Crippen molar-refractivity contribution in [1.82, 2.24) is 4.31 Å².